The number of amides is 2. The molecule has 0 saturated carbocycles. The fraction of sp³-hybridized carbons (Fsp3) is 0.0556. The van der Waals surface area contributed by atoms with Crippen LogP contribution in [0.1, 0.15) is 26.7 Å². The molecule has 3 aromatic rings. The van der Waals surface area contributed by atoms with Gasteiger partial charge in [0.05, 0.1) is 6.54 Å². The zero-order valence-electron chi connectivity index (χ0n) is 13.1. The van der Waals surface area contributed by atoms with E-state index in [9.17, 15) is 14.4 Å². The summed E-state index contributed by atoms with van der Waals surface area (Å²) in [6, 6.07) is 16.4. The molecular weight excluding hydrogens is 322 g/mol. The van der Waals surface area contributed by atoms with Crippen LogP contribution in [0.3, 0.4) is 0 Å². The summed E-state index contributed by atoms with van der Waals surface area (Å²) in [5.41, 5.74) is 4.85. The van der Waals surface area contributed by atoms with E-state index in [1.807, 2.05) is 0 Å². The summed E-state index contributed by atoms with van der Waals surface area (Å²) in [6.45, 7) is 0.212. The van der Waals surface area contributed by atoms with Gasteiger partial charge in [-0.25, -0.2) is 0 Å². The van der Waals surface area contributed by atoms with E-state index in [4.69, 9.17) is 4.42 Å². The average Bonchev–Trinajstić information content (AvgIpc) is 3.11. The predicted molar refractivity (Wildman–Crippen MR) is 89.9 cm³/mol. The van der Waals surface area contributed by atoms with Crippen molar-refractivity contribution in [2.24, 2.45) is 0 Å². The van der Waals surface area contributed by atoms with Crippen LogP contribution in [-0.4, -0.2) is 16.4 Å². The predicted octanol–water partition coefficient (Wildman–Crippen LogP) is 1.56. The molecule has 0 aliphatic rings. The van der Waals surface area contributed by atoms with Gasteiger partial charge in [-0.2, -0.15) is 0 Å². The van der Waals surface area contributed by atoms with E-state index in [0.717, 1.165) is 0 Å². The standard InChI is InChI=1S/C18H15N3O4/c22-16-8-4-5-11-21(16)12-14-9-10-15(25-14)18(24)20-19-17(23)13-6-2-1-3-7-13/h1-11H,12H2,(H,19,23)(H,20,24). The Labute approximate surface area is 142 Å². The summed E-state index contributed by atoms with van der Waals surface area (Å²) in [5.74, 6) is -0.535. The smallest absolute Gasteiger partial charge is 0.305 e. The maximum Gasteiger partial charge on any atom is 0.305 e. The number of nitrogens with one attached hydrogen (secondary N) is 2. The molecule has 2 N–H and O–H groups in total. The zero-order valence-corrected chi connectivity index (χ0v) is 13.1. The Bertz CT molecular complexity index is 944. The highest BCUT2D eigenvalue weighted by atomic mass is 16.4. The lowest BCUT2D eigenvalue weighted by Gasteiger charge is -2.06. The molecule has 0 atom stereocenters. The minimum Gasteiger partial charge on any atom is -0.454 e. The largest absolute Gasteiger partial charge is 0.454 e. The molecule has 126 valence electrons. The van der Waals surface area contributed by atoms with Crippen LogP contribution < -0.4 is 16.4 Å². The van der Waals surface area contributed by atoms with Crippen LogP contribution in [0.5, 0.6) is 0 Å². The number of pyridine rings is 1. The molecule has 7 heteroatoms. The van der Waals surface area contributed by atoms with Crippen molar-refractivity contribution in [1.29, 1.82) is 0 Å². The Morgan fingerprint density at radius 3 is 2.36 bits per heavy atom. The van der Waals surface area contributed by atoms with Gasteiger partial charge < -0.3 is 8.98 Å². The van der Waals surface area contributed by atoms with E-state index in [0.29, 0.717) is 11.3 Å². The van der Waals surface area contributed by atoms with Crippen LogP contribution in [0.4, 0.5) is 0 Å². The first kappa shape index (κ1) is 16.3. The normalized spacial score (nSPS) is 10.2. The molecule has 1 aromatic carbocycles. The fourth-order valence-electron chi connectivity index (χ4n) is 2.18. The molecule has 3 rings (SSSR count). The second kappa shape index (κ2) is 7.31. The molecule has 2 amide bonds. The van der Waals surface area contributed by atoms with E-state index in [1.165, 1.54) is 16.7 Å². The number of carbonyl (C=O) groups is 2. The minimum absolute atomic E-state index is 0.0346. The van der Waals surface area contributed by atoms with Gasteiger partial charge in [0.15, 0.2) is 5.76 Å². The monoisotopic (exact) mass is 337 g/mol. The molecular formula is C18H15N3O4. The molecule has 0 saturated heterocycles. The summed E-state index contributed by atoms with van der Waals surface area (Å²) in [4.78, 5) is 35.6. The Balaban J connectivity index is 1.60. The summed E-state index contributed by atoms with van der Waals surface area (Å²) in [5, 5.41) is 0. The second-order valence-corrected chi connectivity index (χ2v) is 5.21. The summed E-state index contributed by atoms with van der Waals surface area (Å²) >= 11 is 0. The number of rotatable bonds is 4. The Morgan fingerprint density at radius 2 is 1.60 bits per heavy atom. The highest BCUT2D eigenvalue weighted by Gasteiger charge is 2.13. The van der Waals surface area contributed by atoms with Crippen molar-refractivity contribution >= 4 is 11.8 Å². The Morgan fingerprint density at radius 1 is 0.880 bits per heavy atom. The topological polar surface area (TPSA) is 93.3 Å². The first-order valence-corrected chi connectivity index (χ1v) is 7.53. The van der Waals surface area contributed by atoms with Crippen molar-refractivity contribution in [2.75, 3.05) is 0 Å². The quantitative estimate of drug-likeness (QED) is 0.707. The maximum atomic E-state index is 12.0. The number of hydrogen-bond donors (Lipinski definition) is 2. The van der Waals surface area contributed by atoms with E-state index in [2.05, 4.69) is 10.9 Å². The van der Waals surface area contributed by atoms with Gasteiger partial charge in [-0.1, -0.05) is 24.3 Å². The highest BCUT2D eigenvalue weighted by Crippen LogP contribution is 2.08. The average molecular weight is 337 g/mol. The third-order valence-electron chi connectivity index (χ3n) is 3.44. The molecule has 0 aliphatic heterocycles. The summed E-state index contributed by atoms with van der Waals surface area (Å²) in [6.07, 6.45) is 1.63. The molecule has 0 bridgehead atoms. The van der Waals surface area contributed by atoms with Crippen LogP contribution in [0.2, 0.25) is 0 Å². The fourth-order valence-corrected chi connectivity index (χ4v) is 2.18. The van der Waals surface area contributed by atoms with E-state index in [1.54, 1.807) is 54.7 Å². The lowest BCUT2D eigenvalue weighted by Crippen LogP contribution is -2.41. The zero-order chi connectivity index (χ0) is 17.6. The molecule has 2 aromatic heterocycles. The van der Waals surface area contributed by atoms with Crippen molar-refractivity contribution in [3.8, 4) is 0 Å². The van der Waals surface area contributed by atoms with E-state index in [-0.39, 0.29) is 17.9 Å². The first-order valence-electron chi connectivity index (χ1n) is 7.53. The number of carbonyl (C=O) groups excluding carboxylic acids is 2. The third kappa shape index (κ3) is 4.03. The van der Waals surface area contributed by atoms with Gasteiger partial charge in [0.25, 0.3) is 11.5 Å². The maximum absolute atomic E-state index is 12.0. The number of furan rings is 1. The third-order valence-corrected chi connectivity index (χ3v) is 3.44. The van der Waals surface area contributed by atoms with Crippen molar-refractivity contribution in [3.63, 3.8) is 0 Å². The van der Waals surface area contributed by atoms with Crippen LogP contribution >= 0.6 is 0 Å². The van der Waals surface area contributed by atoms with Gasteiger partial charge in [-0.15, -0.1) is 0 Å². The van der Waals surface area contributed by atoms with Crippen LogP contribution in [0.15, 0.2) is 76.1 Å². The van der Waals surface area contributed by atoms with Crippen LogP contribution in [-0.2, 0) is 6.54 Å². The van der Waals surface area contributed by atoms with Gasteiger partial charge in [0.2, 0.25) is 0 Å². The number of hydrogen-bond acceptors (Lipinski definition) is 4. The minimum atomic E-state index is -0.587. The molecule has 2 heterocycles. The lowest BCUT2D eigenvalue weighted by atomic mass is 10.2. The molecule has 7 nitrogen and oxygen atoms in total. The van der Waals surface area contributed by atoms with Crippen molar-refractivity contribution in [3.05, 3.63) is 94.3 Å². The van der Waals surface area contributed by atoms with E-state index < -0.39 is 11.8 Å². The summed E-state index contributed by atoms with van der Waals surface area (Å²) < 4.78 is 6.88. The van der Waals surface area contributed by atoms with Gasteiger partial charge in [0, 0.05) is 17.8 Å². The molecule has 0 fully saturated rings. The van der Waals surface area contributed by atoms with Crippen LogP contribution in [0.25, 0.3) is 0 Å². The highest BCUT2D eigenvalue weighted by molar-refractivity contribution is 5.97. The molecule has 0 unspecified atom stereocenters. The number of aromatic nitrogens is 1. The number of hydrazine groups is 1. The number of nitrogens with zero attached hydrogens (tertiary/aromatic N) is 1. The summed E-state index contributed by atoms with van der Waals surface area (Å²) in [7, 11) is 0. The second-order valence-electron chi connectivity index (χ2n) is 5.21. The Kier molecular flexibility index (Phi) is 4.75. The molecule has 0 aliphatic carbocycles. The first-order chi connectivity index (χ1) is 12.1. The van der Waals surface area contributed by atoms with Crippen molar-refractivity contribution in [1.82, 2.24) is 15.4 Å². The Hall–Kier alpha value is -3.61. The molecule has 25 heavy (non-hydrogen) atoms. The van der Waals surface area contributed by atoms with Gasteiger partial charge >= 0.3 is 5.91 Å². The lowest BCUT2D eigenvalue weighted by molar-refractivity contribution is 0.0830. The number of benzene rings is 1. The molecule has 0 spiro atoms. The van der Waals surface area contributed by atoms with Gasteiger partial charge in [-0.3, -0.25) is 25.2 Å². The van der Waals surface area contributed by atoms with Crippen molar-refractivity contribution in [2.45, 2.75) is 6.54 Å². The van der Waals surface area contributed by atoms with Crippen LogP contribution in [0, 0.1) is 0 Å². The van der Waals surface area contributed by atoms with E-state index >= 15 is 0 Å². The molecule has 0 radical (unpaired) electrons. The van der Waals surface area contributed by atoms with Gasteiger partial charge in [0.1, 0.15) is 5.76 Å². The van der Waals surface area contributed by atoms with Crippen molar-refractivity contribution < 1.29 is 14.0 Å². The van der Waals surface area contributed by atoms with Gasteiger partial charge in [-0.05, 0) is 30.3 Å². The SMILES string of the molecule is O=C(NNC(=O)c1ccc(Cn2ccccc2=O)o1)c1ccccc1.